The zero-order valence-electron chi connectivity index (χ0n) is 8.42. The fraction of sp³-hybridized carbons (Fsp3) is 0.667. The van der Waals surface area contributed by atoms with Crippen molar-refractivity contribution in [1.82, 2.24) is 9.13 Å². The van der Waals surface area contributed by atoms with Crippen molar-refractivity contribution in [2.24, 2.45) is 0 Å². The highest BCUT2D eigenvalue weighted by atomic mass is 19.4. The summed E-state index contributed by atoms with van der Waals surface area (Å²) >= 11 is 0. The number of imidazole rings is 1. The van der Waals surface area contributed by atoms with Gasteiger partial charge in [0.05, 0.1) is 0 Å². The standard InChI is InChI=1S/C9H13F3N2O/c1-2-13-6-7-14(8(13)15)5-3-4-9(10,11)12/h6-7H,2-5H2,1H3. The maximum absolute atomic E-state index is 11.8. The van der Waals surface area contributed by atoms with Crippen LogP contribution >= 0.6 is 0 Å². The molecule has 0 fully saturated rings. The quantitative estimate of drug-likeness (QED) is 0.765. The van der Waals surface area contributed by atoms with Crippen molar-refractivity contribution in [2.75, 3.05) is 0 Å². The van der Waals surface area contributed by atoms with E-state index in [-0.39, 0.29) is 18.7 Å². The van der Waals surface area contributed by atoms with Crippen LogP contribution in [-0.4, -0.2) is 15.3 Å². The van der Waals surface area contributed by atoms with E-state index in [0.29, 0.717) is 6.54 Å². The van der Waals surface area contributed by atoms with Crippen molar-refractivity contribution >= 4 is 0 Å². The summed E-state index contributed by atoms with van der Waals surface area (Å²) in [6.07, 6.45) is -1.96. The van der Waals surface area contributed by atoms with Gasteiger partial charge in [-0.3, -0.25) is 9.13 Å². The third-order valence-corrected chi connectivity index (χ3v) is 2.12. The van der Waals surface area contributed by atoms with E-state index in [1.165, 1.54) is 15.3 Å². The van der Waals surface area contributed by atoms with E-state index in [4.69, 9.17) is 0 Å². The lowest BCUT2D eigenvalue weighted by Crippen LogP contribution is -2.24. The number of alkyl halides is 3. The SMILES string of the molecule is CCn1ccn(CCCC(F)(F)F)c1=O. The molecule has 0 N–H and O–H groups in total. The largest absolute Gasteiger partial charge is 0.389 e. The molecular weight excluding hydrogens is 209 g/mol. The predicted molar refractivity (Wildman–Crippen MR) is 49.7 cm³/mol. The first kappa shape index (κ1) is 11.9. The summed E-state index contributed by atoms with van der Waals surface area (Å²) in [6.45, 7) is 2.46. The first-order valence-corrected chi connectivity index (χ1v) is 4.76. The zero-order chi connectivity index (χ0) is 11.5. The van der Waals surface area contributed by atoms with Crippen LogP contribution in [0.1, 0.15) is 19.8 Å². The van der Waals surface area contributed by atoms with Gasteiger partial charge < -0.3 is 0 Å². The molecule has 1 heterocycles. The van der Waals surface area contributed by atoms with Gasteiger partial charge in [-0.25, -0.2) is 4.79 Å². The fourth-order valence-electron chi connectivity index (χ4n) is 1.31. The van der Waals surface area contributed by atoms with E-state index in [0.717, 1.165) is 0 Å². The van der Waals surface area contributed by atoms with E-state index in [1.54, 1.807) is 13.1 Å². The van der Waals surface area contributed by atoms with Gasteiger partial charge in [0, 0.05) is 31.9 Å². The van der Waals surface area contributed by atoms with Crippen molar-refractivity contribution in [3.63, 3.8) is 0 Å². The maximum Gasteiger partial charge on any atom is 0.389 e. The molecule has 6 heteroatoms. The molecule has 0 atom stereocenters. The lowest BCUT2D eigenvalue weighted by molar-refractivity contribution is -0.135. The molecule has 1 aromatic heterocycles. The van der Waals surface area contributed by atoms with Crippen LogP contribution in [-0.2, 0) is 13.1 Å². The van der Waals surface area contributed by atoms with Crippen LogP contribution in [0.2, 0.25) is 0 Å². The second-order valence-electron chi connectivity index (χ2n) is 3.28. The van der Waals surface area contributed by atoms with Crippen LogP contribution < -0.4 is 5.69 Å². The average molecular weight is 222 g/mol. The number of aromatic nitrogens is 2. The van der Waals surface area contributed by atoms with Gasteiger partial charge in [-0.15, -0.1) is 0 Å². The molecule has 0 aliphatic rings. The van der Waals surface area contributed by atoms with E-state index in [9.17, 15) is 18.0 Å². The van der Waals surface area contributed by atoms with Crippen LogP contribution in [0.5, 0.6) is 0 Å². The average Bonchev–Trinajstić information content (AvgIpc) is 2.46. The normalized spacial score (nSPS) is 12.0. The van der Waals surface area contributed by atoms with Crippen molar-refractivity contribution in [3.05, 3.63) is 22.9 Å². The van der Waals surface area contributed by atoms with E-state index >= 15 is 0 Å². The predicted octanol–water partition coefficient (Wildman–Crippen LogP) is 2.01. The molecule has 0 saturated heterocycles. The Hall–Kier alpha value is -1.20. The molecule has 86 valence electrons. The lowest BCUT2D eigenvalue weighted by atomic mass is 10.3. The molecule has 0 aliphatic carbocycles. The second kappa shape index (κ2) is 4.55. The second-order valence-corrected chi connectivity index (χ2v) is 3.28. The topological polar surface area (TPSA) is 26.9 Å². The maximum atomic E-state index is 11.8. The summed E-state index contributed by atoms with van der Waals surface area (Å²) in [5.41, 5.74) is -0.250. The summed E-state index contributed by atoms with van der Waals surface area (Å²) < 4.78 is 38.3. The molecule has 0 spiro atoms. The Kier molecular flexibility index (Phi) is 3.60. The fourth-order valence-corrected chi connectivity index (χ4v) is 1.31. The van der Waals surface area contributed by atoms with E-state index in [1.807, 2.05) is 0 Å². The lowest BCUT2D eigenvalue weighted by Gasteiger charge is -2.05. The van der Waals surface area contributed by atoms with Crippen LogP contribution in [0, 0.1) is 0 Å². The van der Waals surface area contributed by atoms with Gasteiger partial charge in [0.2, 0.25) is 0 Å². The summed E-state index contributed by atoms with van der Waals surface area (Å²) in [5.74, 6) is 0. The molecule has 15 heavy (non-hydrogen) atoms. The Morgan fingerprint density at radius 2 is 1.87 bits per heavy atom. The van der Waals surface area contributed by atoms with Crippen LogP contribution in [0.4, 0.5) is 13.2 Å². The number of hydrogen-bond donors (Lipinski definition) is 0. The Morgan fingerprint density at radius 1 is 1.27 bits per heavy atom. The number of nitrogens with zero attached hydrogens (tertiary/aromatic N) is 2. The molecule has 0 aromatic carbocycles. The third kappa shape index (κ3) is 3.45. The minimum Gasteiger partial charge on any atom is -0.300 e. The van der Waals surface area contributed by atoms with Crippen molar-refractivity contribution in [2.45, 2.75) is 39.0 Å². The van der Waals surface area contributed by atoms with Crippen molar-refractivity contribution in [3.8, 4) is 0 Å². The Morgan fingerprint density at radius 3 is 2.33 bits per heavy atom. The first-order chi connectivity index (χ1) is 6.94. The van der Waals surface area contributed by atoms with Gasteiger partial charge in [-0.2, -0.15) is 13.2 Å². The highest BCUT2D eigenvalue weighted by molar-refractivity contribution is 4.80. The molecule has 1 aromatic rings. The number of hydrogen-bond acceptors (Lipinski definition) is 1. The molecule has 0 amide bonds. The first-order valence-electron chi connectivity index (χ1n) is 4.76. The number of halogens is 3. The molecule has 0 radical (unpaired) electrons. The molecule has 0 aliphatic heterocycles. The Bertz CT molecular complexity index is 364. The van der Waals surface area contributed by atoms with Gasteiger partial charge in [0.15, 0.2) is 0 Å². The smallest absolute Gasteiger partial charge is 0.300 e. The number of aryl methyl sites for hydroxylation is 2. The summed E-state index contributed by atoms with van der Waals surface area (Å²) in [5, 5.41) is 0. The van der Waals surface area contributed by atoms with Crippen LogP contribution in [0.25, 0.3) is 0 Å². The molecular formula is C9H13F3N2O. The van der Waals surface area contributed by atoms with Gasteiger partial charge in [-0.05, 0) is 13.3 Å². The zero-order valence-corrected chi connectivity index (χ0v) is 8.42. The van der Waals surface area contributed by atoms with Crippen LogP contribution in [0.3, 0.4) is 0 Å². The Balaban J connectivity index is 2.52. The molecule has 3 nitrogen and oxygen atoms in total. The van der Waals surface area contributed by atoms with Gasteiger partial charge in [-0.1, -0.05) is 0 Å². The van der Waals surface area contributed by atoms with E-state index < -0.39 is 12.6 Å². The van der Waals surface area contributed by atoms with Gasteiger partial charge in [0.1, 0.15) is 0 Å². The molecule has 0 saturated carbocycles. The molecule has 0 unspecified atom stereocenters. The van der Waals surface area contributed by atoms with E-state index in [2.05, 4.69) is 0 Å². The summed E-state index contributed by atoms with van der Waals surface area (Å²) in [7, 11) is 0. The molecule has 0 bridgehead atoms. The highest BCUT2D eigenvalue weighted by Crippen LogP contribution is 2.21. The van der Waals surface area contributed by atoms with Crippen molar-refractivity contribution in [1.29, 1.82) is 0 Å². The number of rotatable bonds is 4. The third-order valence-electron chi connectivity index (χ3n) is 2.12. The van der Waals surface area contributed by atoms with Crippen LogP contribution in [0.15, 0.2) is 17.2 Å². The minimum absolute atomic E-state index is 0.0584. The van der Waals surface area contributed by atoms with Gasteiger partial charge >= 0.3 is 11.9 Å². The molecule has 1 rings (SSSR count). The minimum atomic E-state index is -4.14. The summed E-state index contributed by atoms with van der Waals surface area (Å²) in [6, 6.07) is 0. The monoisotopic (exact) mass is 222 g/mol. The van der Waals surface area contributed by atoms with Gasteiger partial charge in [0.25, 0.3) is 0 Å². The Labute approximate surface area is 85.1 Å². The highest BCUT2D eigenvalue weighted by Gasteiger charge is 2.26. The van der Waals surface area contributed by atoms with Crippen molar-refractivity contribution < 1.29 is 13.2 Å². The summed E-state index contributed by atoms with van der Waals surface area (Å²) in [4.78, 5) is 11.4.